The van der Waals surface area contributed by atoms with Crippen molar-refractivity contribution in [3.63, 3.8) is 0 Å². The Balaban J connectivity index is 1.75. The van der Waals surface area contributed by atoms with Crippen LogP contribution in [-0.4, -0.2) is 37.7 Å². The normalized spacial score (nSPS) is 11.6. The van der Waals surface area contributed by atoms with Gasteiger partial charge in [-0.05, 0) is 38.8 Å². The Morgan fingerprint density at radius 2 is 2.00 bits per heavy atom. The number of aliphatic imine (C=N–C) groups is 1. The molecule has 0 amide bonds. The van der Waals surface area contributed by atoms with Crippen molar-refractivity contribution in [1.82, 2.24) is 15.6 Å². The first kappa shape index (κ1) is 19.0. The van der Waals surface area contributed by atoms with Gasteiger partial charge < -0.3 is 19.8 Å². The molecule has 6 nitrogen and oxygen atoms in total. The second-order valence-electron chi connectivity index (χ2n) is 5.77. The van der Waals surface area contributed by atoms with Gasteiger partial charge in [0.2, 0.25) is 5.89 Å². The molecule has 136 valence electrons. The zero-order valence-electron chi connectivity index (χ0n) is 15.3. The first-order valence-electron chi connectivity index (χ1n) is 8.76. The van der Waals surface area contributed by atoms with Crippen LogP contribution in [0.1, 0.15) is 31.0 Å². The molecule has 0 radical (unpaired) electrons. The van der Waals surface area contributed by atoms with Crippen LogP contribution in [0.25, 0.3) is 11.5 Å². The number of aromatic nitrogens is 1. The number of benzene rings is 1. The van der Waals surface area contributed by atoms with E-state index in [9.17, 15) is 0 Å². The molecule has 2 rings (SSSR count). The molecule has 0 fully saturated rings. The van der Waals surface area contributed by atoms with Gasteiger partial charge in [-0.3, -0.25) is 4.99 Å². The fraction of sp³-hybridized carbons (Fsp3) is 0.474. The van der Waals surface area contributed by atoms with Gasteiger partial charge in [0.05, 0.1) is 12.2 Å². The van der Waals surface area contributed by atoms with Gasteiger partial charge >= 0.3 is 0 Å². The number of unbranched alkanes of at least 4 members (excludes halogenated alkanes) is 1. The predicted octanol–water partition coefficient (Wildman–Crippen LogP) is 3.13. The lowest BCUT2D eigenvalue weighted by atomic mass is 10.1. The minimum absolute atomic E-state index is 0.563. The number of ether oxygens (including phenoxy) is 1. The molecule has 0 atom stereocenters. The van der Waals surface area contributed by atoms with Gasteiger partial charge in [-0.1, -0.05) is 17.7 Å². The largest absolute Gasteiger partial charge is 0.444 e. The summed E-state index contributed by atoms with van der Waals surface area (Å²) in [6, 6.07) is 8.13. The van der Waals surface area contributed by atoms with Crippen LogP contribution in [-0.2, 0) is 11.3 Å². The lowest BCUT2D eigenvalue weighted by molar-refractivity contribution is 0.143. The third-order valence-corrected chi connectivity index (χ3v) is 3.72. The Hall–Kier alpha value is -2.34. The van der Waals surface area contributed by atoms with Gasteiger partial charge in [0.1, 0.15) is 6.26 Å². The minimum Gasteiger partial charge on any atom is -0.444 e. The summed E-state index contributed by atoms with van der Waals surface area (Å²) < 4.78 is 10.9. The maximum absolute atomic E-state index is 5.57. The molecular formula is C19H28N4O2. The number of hydrogen-bond acceptors (Lipinski definition) is 4. The first-order chi connectivity index (χ1) is 12.2. The SMILES string of the molecule is CCOCCCCNC(=NC)NCc1coc(-c2ccc(C)cc2)n1. The summed E-state index contributed by atoms with van der Waals surface area (Å²) in [6.45, 7) is 7.08. The van der Waals surface area contributed by atoms with E-state index in [2.05, 4.69) is 39.7 Å². The zero-order chi connectivity index (χ0) is 17.9. The number of rotatable bonds is 9. The summed E-state index contributed by atoms with van der Waals surface area (Å²) in [4.78, 5) is 8.73. The Labute approximate surface area is 149 Å². The van der Waals surface area contributed by atoms with Gasteiger partial charge in [-0.2, -0.15) is 0 Å². The maximum Gasteiger partial charge on any atom is 0.226 e. The van der Waals surface area contributed by atoms with Crippen molar-refractivity contribution in [2.45, 2.75) is 33.2 Å². The molecule has 0 bridgehead atoms. The van der Waals surface area contributed by atoms with Gasteiger partial charge in [0.15, 0.2) is 5.96 Å². The van der Waals surface area contributed by atoms with Crippen molar-refractivity contribution in [2.24, 2.45) is 4.99 Å². The first-order valence-corrected chi connectivity index (χ1v) is 8.76. The monoisotopic (exact) mass is 344 g/mol. The summed E-state index contributed by atoms with van der Waals surface area (Å²) in [6.07, 6.45) is 3.76. The lowest BCUT2D eigenvalue weighted by Crippen LogP contribution is -2.37. The molecule has 25 heavy (non-hydrogen) atoms. The maximum atomic E-state index is 5.57. The molecule has 2 aromatic rings. The highest BCUT2D eigenvalue weighted by molar-refractivity contribution is 5.79. The predicted molar refractivity (Wildman–Crippen MR) is 101 cm³/mol. The molecule has 6 heteroatoms. The Bertz CT molecular complexity index is 650. The molecule has 0 aliphatic rings. The highest BCUT2D eigenvalue weighted by Crippen LogP contribution is 2.18. The number of oxazole rings is 1. The van der Waals surface area contributed by atoms with E-state index in [1.54, 1.807) is 13.3 Å². The second-order valence-corrected chi connectivity index (χ2v) is 5.77. The average Bonchev–Trinajstić information content (AvgIpc) is 3.10. The highest BCUT2D eigenvalue weighted by Gasteiger charge is 2.07. The van der Waals surface area contributed by atoms with Gasteiger partial charge in [0.25, 0.3) is 0 Å². The van der Waals surface area contributed by atoms with Crippen LogP contribution in [0.5, 0.6) is 0 Å². The molecule has 0 spiro atoms. The Kier molecular flexibility index (Phi) is 7.98. The number of aryl methyl sites for hydroxylation is 1. The van der Waals surface area contributed by atoms with E-state index in [0.717, 1.165) is 49.8 Å². The molecule has 0 saturated carbocycles. The lowest BCUT2D eigenvalue weighted by Gasteiger charge is -2.10. The van der Waals surface area contributed by atoms with Crippen LogP contribution in [0.3, 0.4) is 0 Å². The van der Waals surface area contributed by atoms with E-state index in [1.165, 1.54) is 5.56 Å². The van der Waals surface area contributed by atoms with Gasteiger partial charge in [-0.15, -0.1) is 0 Å². The molecule has 0 saturated heterocycles. The summed E-state index contributed by atoms with van der Waals surface area (Å²) >= 11 is 0. The standard InChI is InChI=1S/C19H28N4O2/c1-4-24-12-6-5-11-21-19(20-3)22-13-17-14-25-18(23-17)16-9-7-15(2)8-10-16/h7-10,14H,4-6,11-13H2,1-3H3,(H2,20,21,22). The number of nitrogens with one attached hydrogen (secondary N) is 2. The van der Waals surface area contributed by atoms with E-state index in [4.69, 9.17) is 9.15 Å². The molecule has 0 unspecified atom stereocenters. The molecule has 1 aromatic carbocycles. The van der Waals surface area contributed by atoms with Crippen molar-refractivity contribution in [1.29, 1.82) is 0 Å². The second kappa shape index (κ2) is 10.5. The van der Waals surface area contributed by atoms with Crippen LogP contribution >= 0.6 is 0 Å². The van der Waals surface area contributed by atoms with Crippen molar-refractivity contribution >= 4 is 5.96 Å². The zero-order valence-corrected chi connectivity index (χ0v) is 15.3. The van der Waals surface area contributed by atoms with Crippen LogP contribution in [0.4, 0.5) is 0 Å². The molecule has 0 aliphatic carbocycles. The quantitative estimate of drug-likeness (QED) is 0.415. The van der Waals surface area contributed by atoms with Crippen molar-refractivity contribution in [2.75, 3.05) is 26.8 Å². The fourth-order valence-corrected chi connectivity index (χ4v) is 2.29. The Morgan fingerprint density at radius 3 is 2.72 bits per heavy atom. The van der Waals surface area contributed by atoms with Crippen molar-refractivity contribution < 1.29 is 9.15 Å². The van der Waals surface area contributed by atoms with E-state index < -0.39 is 0 Å². The van der Waals surface area contributed by atoms with Crippen LogP contribution in [0.15, 0.2) is 39.9 Å². The third-order valence-electron chi connectivity index (χ3n) is 3.72. The van der Waals surface area contributed by atoms with Gasteiger partial charge in [-0.25, -0.2) is 4.98 Å². The van der Waals surface area contributed by atoms with E-state index >= 15 is 0 Å². The molecule has 1 heterocycles. The fourth-order valence-electron chi connectivity index (χ4n) is 2.29. The van der Waals surface area contributed by atoms with Crippen molar-refractivity contribution in [3.05, 3.63) is 41.8 Å². The van der Waals surface area contributed by atoms with Gasteiger partial charge in [0, 0.05) is 32.4 Å². The minimum atomic E-state index is 0.563. The topological polar surface area (TPSA) is 71.7 Å². The molecule has 1 aromatic heterocycles. The number of guanidine groups is 1. The number of nitrogens with zero attached hydrogens (tertiary/aromatic N) is 2. The number of hydrogen-bond donors (Lipinski definition) is 2. The van der Waals surface area contributed by atoms with E-state index in [1.807, 2.05) is 19.1 Å². The third kappa shape index (κ3) is 6.58. The summed E-state index contributed by atoms with van der Waals surface area (Å²) in [5.41, 5.74) is 3.04. The smallest absolute Gasteiger partial charge is 0.226 e. The van der Waals surface area contributed by atoms with Crippen LogP contribution in [0, 0.1) is 6.92 Å². The summed E-state index contributed by atoms with van der Waals surface area (Å²) in [5.74, 6) is 1.40. The Morgan fingerprint density at radius 1 is 1.20 bits per heavy atom. The van der Waals surface area contributed by atoms with E-state index in [0.29, 0.717) is 12.4 Å². The van der Waals surface area contributed by atoms with Crippen LogP contribution < -0.4 is 10.6 Å². The highest BCUT2D eigenvalue weighted by atomic mass is 16.5. The molecule has 2 N–H and O–H groups in total. The summed E-state index contributed by atoms with van der Waals surface area (Å²) in [7, 11) is 1.76. The average molecular weight is 344 g/mol. The van der Waals surface area contributed by atoms with E-state index in [-0.39, 0.29) is 0 Å². The molecule has 0 aliphatic heterocycles. The molecular weight excluding hydrogens is 316 g/mol. The van der Waals surface area contributed by atoms with Crippen molar-refractivity contribution in [3.8, 4) is 11.5 Å². The van der Waals surface area contributed by atoms with Crippen LogP contribution in [0.2, 0.25) is 0 Å². The summed E-state index contributed by atoms with van der Waals surface area (Å²) in [5, 5.41) is 6.53.